The molecule has 1 fully saturated rings. The van der Waals surface area contributed by atoms with Crippen LogP contribution in [-0.2, 0) is 10.2 Å². The lowest BCUT2D eigenvalue weighted by atomic mass is 9.77. The standard InChI is InChI=1S/C17H24F2N2O2.ClH/c1-12-5-6-13(9-14(12)23-2)16(7-3-4-8-16)15(22)21-11-17(18,19)10-20;/h5-6,9H,3-4,7-8,10-11,20H2,1-2H3,(H,21,22);1H. The highest BCUT2D eigenvalue weighted by molar-refractivity contribution is 5.88. The van der Waals surface area contributed by atoms with Crippen LogP contribution in [0.25, 0.3) is 0 Å². The molecular formula is C17H25ClF2N2O2. The van der Waals surface area contributed by atoms with E-state index in [4.69, 9.17) is 10.5 Å². The maximum absolute atomic E-state index is 13.3. The van der Waals surface area contributed by atoms with Crippen molar-refractivity contribution < 1.29 is 18.3 Å². The van der Waals surface area contributed by atoms with Gasteiger partial charge in [-0.25, -0.2) is 8.78 Å². The van der Waals surface area contributed by atoms with Gasteiger partial charge in [0.2, 0.25) is 5.91 Å². The number of nitrogens with two attached hydrogens (primary N) is 1. The van der Waals surface area contributed by atoms with Crippen LogP contribution < -0.4 is 15.8 Å². The molecule has 0 aromatic heterocycles. The Morgan fingerprint density at radius 1 is 1.38 bits per heavy atom. The summed E-state index contributed by atoms with van der Waals surface area (Å²) in [6, 6.07) is 5.64. The molecule has 0 unspecified atom stereocenters. The molecule has 1 saturated carbocycles. The van der Waals surface area contributed by atoms with Crippen LogP contribution in [0.1, 0.15) is 36.8 Å². The van der Waals surface area contributed by atoms with Crippen molar-refractivity contribution in [3.63, 3.8) is 0 Å². The van der Waals surface area contributed by atoms with E-state index in [2.05, 4.69) is 5.32 Å². The Labute approximate surface area is 147 Å². The molecule has 0 aliphatic heterocycles. The molecule has 136 valence electrons. The van der Waals surface area contributed by atoms with E-state index < -0.39 is 24.4 Å². The molecule has 2 rings (SSSR count). The third-order valence-electron chi connectivity index (χ3n) is 4.66. The highest BCUT2D eigenvalue weighted by atomic mass is 35.5. The number of rotatable bonds is 6. The minimum atomic E-state index is -3.08. The van der Waals surface area contributed by atoms with Crippen molar-refractivity contribution in [2.75, 3.05) is 20.2 Å². The first-order valence-electron chi connectivity index (χ1n) is 7.86. The topological polar surface area (TPSA) is 64.3 Å². The molecule has 0 heterocycles. The van der Waals surface area contributed by atoms with Crippen LogP contribution in [0, 0.1) is 6.92 Å². The fourth-order valence-electron chi connectivity index (χ4n) is 3.19. The molecular weight excluding hydrogens is 338 g/mol. The van der Waals surface area contributed by atoms with Gasteiger partial charge in [-0.05, 0) is 37.0 Å². The quantitative estimate of drug-likeness (QED) is 0.817. The lowest BCUT2D eigenvalue weighted by Gasteiger charge is -2.29. The highest BCUT2D eigenvalue weighted by Crippen LogP contribution is 2.42. The summed E-state index contributed by atoms with van der Waals surface area (Å²) in [5.41, 5.74) is 6.07. The van der Waals surface area contributed by atoms with Crippen LogP contribution in [0.2, 0.25) is 0 Å². The molecule has 1 aliphatic carbocycles. The maximum atomic E-state index is 13.3. The number of methoxy groups -OCH3 is 1. The number of ether oxygens (including phenoxy) is 1. The number of benzene rings is 1. The Morgan fingerprint density at radius 2 is 2.00 bits per heavy atom. The van der Waals surface area contributed by atoms with Gasteiger partial charge in [-0.3, -0.25) is 4.79 Å². The summed E-state index contributed by atoms with van der Waals surface area (Å²) in [7, 11) is 1.58. The molecule has 0 saturated heterocycles. The molecule has 7 heteroatoms. The Morgan fingerprint density at radius 3 is 2.54 bits per heavy atom. The summed E-state index contributed by atoms with van der Waals surface area (Å²) in [6.45, 7) is 0.414. The molecule has 24 heavy (non-hydrogen) atoms. The van der Waals surface area contributed by atoms with E-state index in [0.29, 0.717) is 18.6 Å². The van der Waals surface area contributed by atoms with Crippen LogP contribution in [0.5, 0.6) is 5.75 Å². The zero-order valence-corrected chi connectivity index (χ0v) is 14.8. The van der Waals surface area contributed by atoms with E-state index >= 15 is 0 Å². The first-order valence-corrected chi connectivity index (χ1v) is 7.86. The third kappa shape index (κ3) is 4.16. The Hall–Kier alpha value is -1.40. The van der Waals surface area contributed by atoms with Gasteiger partial charge in [0, 0.05) is 0 Å². The molecule has 1 aromatic rings. The second-order valence-electron chi connectivity index (χ2n) is 6.22. The second-order valence-corrected chi connectivity index (χ2v) is 6.22. The average Bonchev–Trinajstić information content (AvgIpc) is 3.04. The van der Waals surface area contributed by atoms with Crippen molar-refractivity contribution in [3.05, 3.63) is 29.3 Å². The normalized spacial score (nSPS) is 16.4. The summed E-state index contributed by atoms with van der Waals surface area (Å²) in [4.78, 5) is 12.7. The summed E-state index contributed by atoms with van der Waals surface area (Å²) < 4.78 is 32.0. The Kier molecular flexibility index (Phi) is 6.98. The van der Waals surface area contributed by atoms with Crippen LogP contribution in [0.15, 0.2) is 18.2 Å². The largest absolute Gasteiger partial charge is 0.496 e. The minimum absolute atomic E-state index is 0. The summed E-state index contributed by atoms with van der Waals surface area (Å²) in [5.74, 6) is -2.73. The number of amides is 1. The first kappa shape index (κ1) is 20.6. The third-order valence-corrected chi connectivity index (χ3v) is 4.66. The van der Waals surface area contributed by atoms with Gasteiger partial charge < -0.3 is 15.8 Å². The van der Waals surface area contributed by atoms with Crippen molar-refractivity contribution in [3.8, 4) is 5.75 Å². The summed E-state index contributed by atoms with van der Waals surface area (Å²) in [5, 5.41) is 2.40. The number of carbonyl (C=O) groups is 1. The Bertz CT molecular complexity index is 576. The van der Waals surface area contributed by atoms with Crippen molar-refractivity contribution >= 4 is 18.3 Å². The van der Waals surface area contributed by atoms with E-state index in [-0.39, 0.29) is 18.3 Å². The molecule has 1 amide bonds. The highest BCUT2D eigenvalue weighted by Gasteiger charge is 2.43. The zero-order valence-electron chi connectivity index (χ0n) is 14.0. The molecule has 1 aliphatic rings. The SMILES string of the molecule is COc1cc(C2(C(=O)NCC(F)(F)CN)CCCC2)ccc1C.Cl. The van der Waals surface area contributed by atoms with Crippen molar-refractivity contribution in [2.24, 2.45) is 5.73 Å². The number of hydrogen-bond donors (Lipinski definition) is 2. The fraction of sp³-hybridized carbons (Fsp3) is 0.588. The molecule has 0 bridgehead atoms. The smallest absolute Gasteiger partial charge is 0.277 e. The number of aryl methyl sites for hydroxylation is 1. The van der Waals surface area contributed by atoms with Crippen molar-refractivity contribution in [1.82, 2.24) is 5.32 Å². The molecule has 0 atom stereocenters. The molecule has 4 nitrogen and oxygen atoms in total. The van der Waals surface area contributed by atoms with Crippen molar-refractivity contribution in [1.29, 1.82) is 0 Å². The van der Waals surface area contributed by atoms with Gasteiger partial charge in [-0.15, -0.1) is 12.4 Å². The van der Waals surface area contributed by atoms with Crippen molar-refractivity contribution in [2.45, 2.75) is 43.9 Å². The van der Waals surface area contributed by atoms with Gasteiger partial charge in [0.15, 0.2) is 0 Å². The van der Waals surface area contributed by atoms with E-state index in [9.17, 15) is 13.6 Å². The zero-order chi connectivity index (χ0) is 17.1. The first-order chi connectivity index (χ1) is 10.8. The van der Waals surface area contributed by atoms with Gasteiger partial charge in [-0.2, -0.15) is 0 Å². The maximum Gasteiger partial charge on any atom is 0.277 e. The van der Waals surface area contributed by atoms with Gasteiger partial charge >= 0.3 is 0 Å². The molecule has 1 aromatic carbocycles. The molecule has 0 radical (unpaired) electrons. The number of halogens is 3. The molecule has 0 spiro atoms. The van der Waals surface area contributed by atoms with E-state index in [1.807, 2.05) is 25.1 Å². The van der Waals surface area contributed by atoms with Gasteiger partial charge in [0.05, 0.1) is 25.6 Å². The number of alkyl halides is 2. The van der Waals surface area contributed by atoms with Crippen LogP contribution in [0.4, 0.5) is 8.78 Å². The van der Waals surface area contributed by atoms with E-state index in [1.54, 1.807) is 7.11 Å². The van der Waals surface area contributed by atoms with E-state index in [1.165, 1.54) is 0 Å². The predicted octanol–water partition coefficient (Wildman–Crippen LogP) is 2.95. The summed E-state index contributed by atoms with van der Waals surface area (Å²) in [6.07, 6.45) is 3.10. The monoisotopic (exact) mass is 362 g/mol. The number of hydrogen-bond acceptors (Lipinski definition) is 3. The Balaban J connectivity index is 0.00000288. The average molecular weight is 363 g/mol. The van der Waals surface area contributed by atoms with Crippen LogP contribution >= 0.6 is 12.4 Å². The number of nitrogens with one attached hydrogen (secondary N) is 1. The van der Waals surface area contributed by atoms with Gasteiger partial charge in [0.1, 0.15) is 5.75 Å². The lowest BCUT2D eigenvalue weighted by molar-refractivity contribution is -0.128. The van der Waals surface area contributed by atoms with Gasteiger partial charge in [-0.1, -0.05) is 25.0 Å². The fourth-order valence-corrected chi connectivity index (χ4v) is 3.19. The molecule has 3 N–H and O–H groups in total. The number of carbonyl (C=O) groups excluding carboxylic acids is 1. The van der Waals surface area contributed by atoms with Crippen LogP contribution in [-0.4, -0.2) is 32.0 Å². The second kappa shape index (κ2) is 8.12. The summed E-state index contributed by atoms with van der Waals surface area (Å²) >= 11 is 0. The van der Waals surface area contributed by atoms with Gasteiger partial charge in [0.25, 0.3) is 5.92 Å². The van der Waals surface area contributed by atoms with Crippen LogP contribution in [0.3, 0.4) is 0 Å². The minimum Gasteiger partial charge on any atom is -0.496 e. The lowest BCUT2D eigenvalue weighted by Crippen LogP contribution is -2.48. The predicted molar refractivity (Wildman–Crippen MR) is 92.1 cm³/mol. The van der Waals surface area contributed by atoms with E-state index in [0.717, 1.165) is 24.0 Å².